The standard InChI is InChI=1S/C25H29N5O/c1-17-10-13-29(14-11-17)24-21-16-30(15-12-23(21)26-18(2)27-24)25(31)28-22-9-5-7-19-6-3-4-8-20(19)22/h3-9,17H,10-16H2,1-2H3,(H,28,31). The van der Waals surface area contributed by atoms with E-state index in [1.807, 2.05) is 42.2 Å². The first kappa shape index (κ1) is 19.8. The molecule has 6 nitrogen and oxygen atoms in total. The van der Waals surface area contributed by atoms with Gasteiger partial charge < -0.3 is 15.1 Å². The molecule has 2 aliphatic heterocycles. The molecule has 5 rings (SSSR count). The number of aromatic nitrogens is 2. The third-order valence-corrected chi connectivity index (χ3v) is 6.55. The molecule has 1 aromatic heterocycles. The van der Waals surface area contributed by atoms with Crippen molar-refractivity contribution in [2.45, 2.75) is 39.7 Å². The second-order valence-corrected chi connectivity index (χ2v) is 8.82. The maximum absolute atomic E-state index is 13.2. The van der Waals surface area contributed by atoms with Crippen LogP contribution in [0.3, 0.4) is 0 Å². The van der Waals surface area contributed by atoms with E-state index in [0.29, 0.717) is 13.1 Å². The molecule has 2 aliphatic rings. The lowest BCUT2D eigenvalue weighted by atomic mass is 9.98. The van der Waals surface area contributed by atoms with Crippen LogP contribution in [0.15, 0.2) is 42.5 Å². The summed E-state index contributed by atoms with van der Waals surface area (Å²) in [6, 6.07) is 14.1. The van der Waals surface area contributed by atoms with Crippen molar-refractivity contribution in [1.29, 1.82) is 0 Å². The van der Waals surface area contributed by atoms with Gasteiger partial charge in [-0.25, -0.2) is 14.8 Å². The van der Waals surface area contributed by atoms with Crippen LogP contribution in [0, 0.1) is 12.8 Å². The zero-order chi connectivity index (χ0) is 21.4. The highest BCUT2D eigenvalue weighted by Gasteiger charge is 2.28. The van der Waals surface area contributed by atoms with E-state index in [1.165, 1.54) is 12.8 Å². The van der Waals surface area contributed by atoms with Crippen molar-refractivity contribution < 1.29 is 4.79 Å². The summed E-state index contributed by atoms with van der Waals surface area (Å²) < 4.78 is 0. The zero-order valence-electron chi connectivity index (χ0n) is 18.3. The molecule has 0 bridgehead atoms. The molecule has 0 saturated carbocycles. The number of urea groups is 1. The molecule has 1 saturated heterocycles. The number of nitrogens with zero attached hydrogens (tertiary/aromatic N) is 4. The minimum atomic E-state index is -0.0687. The van der Waals surface area contributed by atoms with Gasteiger partial charge in [-0.05, 0) is 37.1 Å². The van der Waals surface area contributed by atoms with Crippen LogP contribution in [-0.4, -0.2) is 40.5 Å². The van der Waals surface area contributed by atoms with Gasteiger partial charge in [-0.15, -0.1) is 0 Å². The molecule has 1 fully saturated rings. The van der Waals surface area contributed by atoms with E-state index in [0.717, 1.165) is 64.8 Å². The number of fused-ring (bicyclic) bond motifs is 2. The third-order valence-electron chi connectivity index (χ3n) is 6.55. The molecular weight excluding hydrogens is 386 g/mol. The molecule has 160 valence electrons. The van der Waals surface area contributed by atoms with Crippen molar-refractivity contribution in [2.75, 3.05) is 29.9 Å². The number of carbonyl (C=O) groups is 1. The number of hydrogen-bond acceptors (Lipinski definition) is 4. The number of anilines is 2. The molecule has 2 aromatic carbocycles. The molecule has 6 heteroatoms. The SMILES string of the molecule is Cc1nc2c(c(N3CCC(C)CC3)n1)CN(C(=O)Nc1cccc3ccccc13)CC2. The van der Waals surface area contributed by atoms with Gasteiger partial charge in [0.25, 0.3) is 0 Å². The number of aryl methyl sites for hydroxylation is 1. The molecule has 0 radical (unpaired) electrons. The van der Waals surface area contributed by atoms with E-state index in [4.69, 9.17) is 9.97 Å². The molecule has 0 spiro atoms. The fourth-order valence-electron chi connectivity index (χ4n) is 4.70. The Morgan fingerprint density at radius 3 is 2.65 bits per heavy atom. The Morgan fingerprint density at radius 1 is 1.03 bits per heavy atom. The maximum Gasteiger partial charge on any atom is 0.322 e. The molecule has 0 unspecified atom stereocenters. The van der Waals surface area contributed by atoms with Crippen LogP contribution in [0.25, 0.3) is 10.8 Å². The monoisotopic (exact) mass is 415 g/mol. The normalized spacial score (nSPS) is 17.0. The summed E-state index contributed by atoms with van der Waals surface area (Å²) in [5.74, 6) is 2.61. The summed E-state index contributed by atoms with van der Waals surface area (Å²) in [5, 5.41) is 5.31. The van der Waals surface area contributed by atoms with Gasteiger partial charge in [-0.1, -0.05) is 43.3 Å². The Balaban J connectivity index is 1.39. The van der Waals surface area contributed by atoms with Gasteiger partial charge in [-0.3, -0.25) is 0 Å². The van der Waals surface area contributed by atoms with Crippen molar-refractivity contribution in [3.05, 3.63) is 59.5 Å². The molecular formula is C25H29N5O. The first-order chi connectivity index (χ1) is 15.1. The number of benzene rings is 2. The van der Waals surface area contributed by atoms with Crippen LogP contribution >= 0.6 is 0 Å². The van der Waals surface area contributed by atoms with E-state index in [2.05, 4.69) is 29.3 Å². The second-order valence-electron chi connectivity index (χ2n) is 8.82. The van der Waals surface area contributed by atoms with Crippen LogP contribution in [0.5, 0.6) is 0 Å². The van der Waals surface area contributed by atoms with Crippen molar-refractivity contribution >= 4 is 28.3 Å². The number of nitrogens with one attached hydrogen (secondary N) is 1. The minimum Gasteiger partial charge on any atom is -0.356 e. The Hall–Kier alpha value is -3.15. The van der Waals surface area contributed by atoms with Crippen LogP contribution in [0.1, 0.15) is 36.8 Å². The van der Waals surface area contributed by atoms with Crippen molar-refractivity contribution in [1.82, 2.24) is 14.9 Å². The average Bonchev–Trinajstić information content (AvgIpc) is 2.79. The predicted octanol–water partition coefficient (Wildman–Crippen LogP) is 4.76. The van der Waals surface area contributed by atoms with Gasteiger partial charge in [0.1, 0.15) is 11.6 Å². The van der Waals surface area contributed by atoms with Crippen LogP contribution < -0.4 is 10.2 Å². The molecule has 3 heterocycles. The molecule has 31 heavy (non-hydrogen) atoms. The highest BCUT2D eigenvalue weighted by Crippen LogP contribution is 2.30. The minimum absolute atomic E-state index is 0.0687. The van der Waals surface area contributed by atoms with Crippen molar-refractivity contribution in [2.24, 2.45) is 5.92 Å². The topological polar surface area (TPSA) is 61.4 Å². The maximum atomic E-state index is 13.2. The Kier molecular flexibility index (Phi) is 5.22. The summed E-state index contributed by atoms with van der Waals surface area (Å²) in [5.41, 5.74) is 3.05. The lowest BCUT2D eigenvalue weighted by Crippen LogP contribution is -2.41. The molecule has 3 aromatic rings. The van der Waals surface area contributed by atoms with Gasteiger partial charge in [0.15, 0.2) is 0 Å². The van der Waals surface area contributed by atoms with Crippen molar-refractivity contribution in [3.63, 3.8) is 0 Å². The third kappa shape index (κ3) is 3.94. The van der Waals surface area contributed by atoms with Crippen LogP contribution in [0.4, 0.5) is 16.3 Å². The summed E-state index contributed by atoms with van der Waals surface area (Å²) in [6.07, 6.45) is 3.13. The van der Waals surface area contributed by atoms with E-state index in [9.17, 15) is 4.79 Å². The van der Waals surface area contributed by atoms with E-state index in [1.54, 1.807) is 0 Å². The lowest BCUT2D eigenvalue weighted by molar-refractivity contribution is 0.206. The largest absolute Gasteiger partial charge is 0.356 e. The Bertz CT molecular complexity index is 1110. The summed E-state index contributed by atoms with van der Waals surface area (Å²) in [7, 11) is 0. The highest BCUT2D eigenvalue weighted by molar-refractivity contribution is 6.01. The number of amides is 2. The molecule has 2 amide bonds. The fourth-order valence-corrected chi connectivity index (χ4v) is 4.70. The van der Waals surface area contributed by atoms with E-state index >= 15 is 0 Å². The van der Waals surface area contributed by atoms with Crippen molar-refractivity contribution in [3.8, 4) is 0 Å². The highest BCUT2D eigenvalue weighted by atomic mass is 16.2. The first-order valence-corrected chi connectivity index (χ1v) is 11.2. The molecule has 0 atom stereocenters. The fraction of sp³-hybridized carbons (Fsp3) is 0.400. The van der Waals surface area contributed by atoms with Gasteiger partial charge in [0, 0.05) is 37.0 Å². The van der Waals surface area contributed by atoms with Gasteiger partial charge in [-0.2, -0.15) is 0 Å². The number of hydrogen-bond donors (Lipinski definition) is 1. The number of carbonyl (C=O) groups excluding carboxylic acids is 1. The molecule has 1 N–H and O–H groups in total. The summed E-state index contributed by atoms with van der Waals surface area (Å²) in [6.45, 7) is 7.54. The van der Waals surface area contributed by atoms with Crippen LogP contribution in [0.2, 0.25) is 0 Å². The van der Waals surface area contributed by atoms with Gasteiger partial charge >= 0.3 is 6.03 Å². The lowest BCUT2D eigenvalue weighted by Gasteiger charge is -2.36. The second kappa shape index (κ2) is 8.17. The van der Waals surface area contributed by atoms with E-state index in [-0.39, 0.29) is 6.03 Å². The molecule has 0 aliphatic carbocycles. The summed E-state index contributed by atoms with van der Waals surface area (Å²) in [4.78, 5) is 27.0. The van der Waals surface area contributed by atoms with Gasteiger partial charge in [0.05, 0.1) is 17.9 Å². The first-order valence-electron chi connectivity index (χ1n) is 11.2. The van der Waals surface area contributed by atoms with Gasteiger partial charge in [0.2, 0.25) is 0 Å². The van der Waals surface area contributed by atoms with Crippen LogP contribution in [-0.2, 0) is 13.0 Å². The number of piperidine rings is 1. The smallest absolute Gasteiger partial charge is 0.322 e. The Morgan fingerprint density at radius 2 is 1.81 bits per heavy atom. The summed E-state index contributed by atoms with van der Waals surface area (Å²) >= 11 is 0. The predicted molar refractivity (Wildman–Crippen MR) is 124 cm³/mol. The van der Waals surface area contributed by atoms with E-state index < -0.39 is 0 Å². The Labute approximate surface area is 183 Å². The zero-order valence-corrected chi connectivity index (χ0v) is 18.3. The number of rotatable bonds is 2. The quantitative estimate of drug-likeness (QED) is 0.655. The average molecular weight is 416 g/mol.